The van der Waals surface area contributed by atoms with Crippen LogP contribution in [-0.2, 0) is 4.79 Å². The Balaban J connectivity index is 2.49. The highest BCUT2D eigenvalue weighted by Gasteiger charge is 2.12. The van der Waals surface area contributed by atoms with E-state index in [1.165, 1.54) is 25.7 Å². The first-order valence-corrected chi connectivity index (χ1v) is 7.46. The van der Waals surface area contributed by atoms with E-state index in [0.29, 0.717) is 5.69 Å². The van der Waals surface area contributed by atoms with Crippen LogP contribution in [0.2, 0.25) is 0 Å². The van der Waals surface area contributed by atoms with Gasteiger partial charge in [-0.3, -0.25) is 4.79 Å². The molecule has 1 aromatic carbocycles. The molecule has 0 spiro atoms. The van der Waals surface area contributed by atoms with Crippen molar-refractivity contribution < 1.29 is 9.90 Å². The third-order valence-corrected chi connectivity index (χ3v) is 3.39. The lowest BCUT2D eigenvalue weighted by atomic mass is 10.1. The molecule has 0 saturated carbocycles. The maximum Gasteiger partial charge on any atom is 0.323 e. The van der Waals surface area contributed by atoms with Gasteiger partial charge >= 0.3 is 5.97 Å². The molecule has 1 aromatic rings. The molecule has 0 bridgehead atoms. The fourth-order valence-electron chi connectivity index (χ4n) is 2.31. The van der Waals surface area contributed by atoms with E-state index in [0.717, 1.165) is 25.1 Å². The number of hydrogen-bond acceptors (Lipinski definition) is 3. The molecular weight excluding hydrogens is 252 g/mol. The van der Waals surface area contributed by atoms with Crippen LogP contribution in [0, 0.1) is 0 Å². The van der Waals surface area contributed by atoms with Crippen LogP contribution in [0.1, 0.15) is 45.4 Å². The molecule has 1 rings (SSSR count). The average molecular weight is 278 g/mol. The molecule has 0 amide bonds. The van der Waals surface area contributed by atoms with Crippen molar-refractivity contribution in [3.05, 3.63) is 24.3 Å². The first-order valence-electron chi connectivity index (χ1n) is 7.46. The molecule has 0 unspecified atom stereocenters. The van der Waals surface area contributed by atoms with E-state index in [4.69, 9.17) is 10.8 Å². The van der Waals surface area contributed by atoms with Crippen molar-refractivity contribution in [2.45, 2.75) is 45.4 Å². The minimum atomic E-state index is -0.820. The molecule has 0 radical (unpaired) electrons. The summed E-state index contributed by atoms with van der Waals surface area (Å²) in [5.41, 5.74) is 7.39. The Bertz CT molecular complexity index is 407. The summed E-state index contributed by atoms with van der Waals surface area (Å²) in [6.07, 6.45) is 7.16. The highest BCUT2D eigenvalue weighted by atomic mass is 16.4. The minimum Gasteiger partial charge on any atom is -0.480 e. The molecule has 0 aliphatic rings. The van der Waals surface area contributed by atoms with Gasteiger partial charge in [0.1, 0.15) is 6.54 Å². The van der Waals surface area contributed by atoms with Gasteiger partial charge in [-0.2, -0.15) is 0 Å². The van der Waals surface area contributed by atoms with Gasteiger partial charge in [-0.15, -0.1) is 0 Å². The number of carboxylic acids is 1. The molecule has 20 heavy (non-hydrogen) atoms. The van der Waals surface area contributed by atoms with Crippen molar-refractivity contribution in [3.63, 3.8) is 0 Å². The molecular formula is C16H26N2O2. The quantitative estimate of drug-likeness (QED) is 0.507. The van der Waals surface area contributed by atoms with Crippen molar-refractivity contribution in [1.29, 1.82) is 0 Å². The molecule has 0 aliphatic heterocycles. The second-order valence-corrected chi connectivity index (χ2v) is 5.14. The Labute approximate surface area is 121 Å². The van der Waals surface area contributed by atoms with E-state index >= 15 is 0 Å². The van der Waals surface area contributed by atoms with E-state index in [1.54, 1.807) is 0 Å². The van der Waals surface area contributed by atoms with Crippen LogP contribution in [0.15, 0.2) is 24.3 Å². The van der Waals surface area contributed by atoms with E-state index in [1.807, 2.05) is 29.2 Å². The normalized spacial score (nSPS) is 10.4. The zero-order valence-corrected chi connectivity index (χ0v) is 12.3. The van der Waals surface area contributed by atoms with Gasteiger partial charge in [0.15, 0.2) is 0 Å². The Morgan fingerprint density at radius 2 is 1.80 bits per heavy atom. The van der Waals surface area contributed by atoms with Crippen LogP contribution in [0.25, 0.3) is 0 Å². The summed E-state index contributed by atoms with van der Waals surface area (Å²) in [7, 11) is 0. The third-order valence-electron chi connectivity index (χ3n) is 3.39. The first-order chi connectivity index (χ1) is 9.65. The molecule has 4 nitrogen and oxygen atoms in total. The number of nitrogens with two attached hydrogens (primary N) is 1. The summed E-state index contributed by atoms with van der Waals surface area (Å²) in [5, 5.41) is 9.03. The Kier molecular flexibility index (Phi) is 7.55. The van der Waals surface area contributed by atoms with Gasteiger partial charge < -0.3 is 15.7 Å². The largest absolute Gasteiger partial charge is 0.480 e. The summed E-state index contributed by atoms with van der Waals surface area (Å²) in [6, 6.07) is 7.45. The Morgan fingerprint density at radius 1 is 1.15 bits per heavy atom. The van der Waals surface area contributed by atoms with Crippen LogP contribution < -0.4 is 10.6 Å². The van der Waals surface area contributed by atoms with Gasteiger partial charge in [0, 0.05) is 6.54 Å². The number of nitrogens with zero attached hydrogens (tertiary/aromatic N) is 1. The Hall–Kier alpha value is -1.71. The van der Waals surface area contributed by atoms with Gasteiger partial charge in [-0.25, -0.2) is 0 Å². The van der Waals surface area contributed by atoms with Crippen molar-refractivity contribution in [2.24, 2.45) is 0 Å². The number of carboxylic acid groups (broad SMARTS) is 1. The number of carbonyl (C=O) groups is 1. The van der Waals surface area contributed by atoms with Gasteiger partial charge in [0.25, 0.3) is 0 Å². The number of benzene rings is 1. The number of aliphatic carboxylic acids is 1. The molecule has 112 valence electrons. The summed E-state index contributed by atoms with van der Waals surface area (Å²) < 4.78 is 0. The van der Waals surface area contributed by atoms with Crippen molar-refractivity contribution in [3.8, 4) is 0 Å². The molecule has 3 N–H and O–H groups in total. The molecule has 0 atom stereocenters. The van der Waals surface area contributed by atoms with Gasteiger partial charge in [-0.05, 0) is 18.6 Å². The molecule has 0 aromatic heterocycles. The SMILES string of the molecule is CCCCCCCCN(CC(=O)O)c1ccccc1N. The lowest BCUT2D eigenvalue weighted by molar-refractivity contribution is -0.135. The van der Waals surface area contributed by atoms with Crippen molar-refractivity contribution in [2.75, 3.05) is 23.7 Å². The van der Waals surface area contributed by atoms with E-state index < -0.39 is 5.97 Å². The highest BCUT2D eigenvalue weighted by molar-refractivity contribution is 5.77. The maximum absolute atomic E-state index is 11.0. The van der Waals surface area contributed by atoms with E-state index in [9.17, 15) is 4.79 Å². The molecule has 0 saturated heterocycles. The third kappa shape index (κ3) is 5.95. The molecule has 0 aliphatic carbocycles. The van der Waals surface area contributed by atoms with E-state index in [2.05, 4.69) is 6.92 Å². The molecule has 4 heteroatoms. The standard InChI is InChI=1S/C16H26N2O2/c1-2-3-4-5-6-9-12-18(13-16(19)20)15-11-8-7-10-14(15)17/h7-8,10-11H,2-6,9,12-13,17H2,1H3,(H,19,20). The van der Waals surface area contributed by atoms with Gasteiger partial charge in [0.2, 0.25) is 0 Å². The van der Waals surface area contributed by atoms with Crippen molar-refractivity contribution in [1.82, 2.24) is 0 Å². The van der Waals surface area contributed by atoms with Crippen LogP contribution in [-0.4, -0.2) is 24.2 Å². The number of nitrogen functional groups attached to an aromatic ring is 1. The van der Waals surface area contributed by atoms with Crippen LogP contribution in [0.3, 0.4) is 0 Å². The van der Waals surface area contributed by atoms with Gasteiger partial charge in [0.05, 0.1) is 11.4 Å². The van der Waals surface area contributed by atoms with Crippen LogP contribution in [0.4, 0.5) is 11.4 Å². The number of para-hydroxylation sites is 2. The fraction of sp³-hybridized carbons (Fsp3) is 0.562. The maximum atomic E-state index is 11.0. The second kappa shape index (κ2) is 9.23. The number of unbranched alkanes of at least 4 members (excludes halogenated alkanes) is 5. The summed E-state index contributed by atoms with van der Waals surface area (Å²) in [6.45, 7) is 2.95. The van der Waals surface area contributed by atoms with E-state index in [-0.39, 0.29) is 6.54 Å². The zero-order valence-electron chi connectivity index (χ0n) is 12.3. The number of rotatable bonds is 10. The summed E-state index contributed by atoms with van der Waals surface area (Å²) in [5.74, 6) is -0.820. The highest BCUT2D eigenvalue weighted by Crippen LogP contribution is 2.22. The Morgan fingerprint density at radius 3 is 2.45 bits per heavy atom. The first kappa shape index (κ1) is 16.3. The van der Waals surface area contributed by atoms with Crippen LogP contribution >= 0.6 is 0 Å². The molecule has 0 heterocycles. The zero-order chi connectivity index (χ0) is 14.8. The predicted molar refractivity (Wildman–Crippen MR) is 84.1 cm³/mol. The number of hydrogen-bond donors (Lipinski definition) is 2. The number of anilines is 2. The lowest BCUT2D eigenvalue weighted by Gasteiger charge is -2.24. The fourth-order valence-corrected chi connectivity index (χ4v) is 2.31. The average Bonchev–Trinajstić information content (AvgIpc) is 2.41. The molecule has 0 fully saturated rings. The summed E-state index contributed by atoms with van der Waals surface area (Å²) >= 11 is 0. The van der Waals surface area contributed by atoms with Crippen molar-refractivity contribution >= 4 is 17.3 Å². The van der Waals surface area contributed by atoms with Crippen LogP contribution in [0.5, 0.6) is 0 Å². The lowest BCUT2D eigenvalue weighted by Crippen LogP contribution is -2.31. The minimum absolute atomic E-state index is 0.00315. The topological polar surface area (TPSA) is 66.6 Å². The predicted octanol–water partition coefficient (Wildman–Crippen LogP) is 3.52. The van der Waals surface area contributed by atoms with Gasteiger partial charge in [-0.1, -0.05) is 51.2 Å². The monoisotopic (exact) mass is 278 g/mol. The second-order valence-electron chi connectivity index (χ2n) is 5.14. The smallest absolute Gasteiger partial charge is 0.323 e. The summed E-state index contributed by atoms with van der Waals surface area (Å²) in [4.78, 5) is 12.8.